The lowest BCUT2D eigenvalue weighted by Crippen LogP contribution is -2.07. The summed E-state index contributed by atoms with van der Waals surface area (Å²) in [5, 5.41) is 0.230. The summed E-state index contributed by atoms with van der Waals surface area (Å²) < 4.78 is 17.7. The van der Waals surface area contributed by atoms with Crippen molar-refractivity contribution in [2.24, 2.45) is 0 Å². The van der Waals surface area contributed by atoms with E-state index in [4.69, 9.17) is 16.3 Å². The molecule has 0 atom stereocenters. The van der Waals surface area contributed by atoms with Gasteiger partial charge in [0, 0.05) is 5.02 Å². The van der Waals surface area contributed by atoms with E-state index in [9.17, 15) is 9.18 Å². The summed E-state index contributed by atoms with van der Waals surface area (Å²) in [6.07, 6.45) is 0. The molecule has 0 bridgehead atoms. The van der Waals surface area contributed by atoms with Gasteiger partial charge in [0.15, 0.2) is 0 Å². The number of esters is 1. The lowest BCUT2D eigenvalue weighted by atomic mass is 10.1. The Kier molecular flexibility index (Phi) is 3.47. The van der Waals surface area contributed by atoms with Gasteiger partial charge in [-0.2, -0.15) is 0 Å². The molecule has 0 aliphatic rings. The van der Waals surface area contributed by atoms with E-state index in [1.807, 2.05) is 0 Å². The second kappa shape index (κ2) is 4.42. The second-order valence-electron chi connectivity index (χ2n) is 2.78. The number of carbonyl (C=O) groups excluding carboxylic acids is 1. The minimum absolute atomic E-state index is 0.178. The molecule has 1 aromatic rings. The van der Waals surface area contributed by atoms with Crippen LogP contribution < -0.4 is 0 Å². The summed E-state index contributed by atoms with van der Waals surface area (Å²) in [7, 11) is 0. The first-order chi connectivity index (χ1) is 6.56. The summed E-state index contributed by atoms with van der Waals surface area (Å²) in [6, 6.07) is 2.29. The first-order valence-electron chi connectivity index (χ1n) is 4.19. The molecule has 1 rings (SSSR count). The fourth-order valence-corrected chi connectivity index (χ4v) is 1.27. The molecule has 0 saturated carbocycles. The van der Waals surface area contributed by atoms with Crippen LogP contribution in [0.4, 0.5) is 4.39 Å². The van der Waals surface area contributed by atoms with Crippen LogP contribution in [0.25, 0.3) is 0 Å². The lowest BCUT2D eigenvalue weighted by Gasteiger charge is -2.06. The topological polar surface area (TPSA) is 26.3 Å². The Hall–Kier alpha value is -1.09. The molecule has 0 amide bonds. The Balaban J connectivity index is 3.13. The van der Waals surface area contributed by atoms with E-state index in [0.29, 0.717) is 5.56 Å². The molecule has 0 unspecified atom stereocenters. The van der Waals surface area contributed by atoms with Gasteiger partial charge in [-0.1, -0.05) is 11.6 Å². The number of hydrogen-bond donors (Lipinski definition) is 0. The third kappa shape index (κ3) is 2.23. The standard InChI is InChI=1S/C10H10ClFO2/c1-3-14-10(13)8-4-7(12)5-9(11)6(8)2/h4-5H,3H2,1-2H3. The molecule has 0 aromatic heterocycles. The molecule has 0 aliphatic carbocycles. The molecule has 76 valence electrons. The zero-order valence-corrected chi connectivity index (χ0v) is 8.69. The minimum atomic E-state index is -0.550. The highest BCUT2D eigenvalue weighted by Gasteiger charge is 2.13. The highest BCUT2D eigenvalue weighted by atomic mass is 35.5. The molecule has 2 nitrogen and oxygen atoms in total. The Morgan fingerprint density at radius 3 is 2.79 bits per heavy atom. The fraction of sp³-hybridized carbons (Fsp3) is 0.300. The smallest absolute Gasteiger partial charge is 0.338 e. The summed E-state index contributed by atoms with van der Waals surface area (Å²) in [5.74, 6) is -1.09. The van der Waals surface area contributed by atoms with Crippen LogP contribution in [0.3, 0.4) is 0 Å². The van der Waals surface area contributed by atoms with E-state index in [1.54, 1.807) is 13.8 Å². The Labute approximate surface area is 86.6 Å². The second-order valence-corrected chi connectivity index (χ2v) is 3.19. The number of halogens is 2. The average Bonchev–Trinajstić information content (AvgIpc) is 2.11. The first-order valence-corrected chi connectivity index (χ1v) is 4.56. The average molecular weight is 217 g/mol. The van der Waals surface area contributed by atoms with Gasteiger partial charge in [-0.25, -0.2) is 9.18 Å². The maximum Gasteiger partial charge on any atom is 0.338 e. The monoisotopic (exact) mass is 216 g/mol. The van der Waals surface area contributed by atoms with Gasteiger partial charge in [0.2, 0.25) is 0 Å². The van der Waals surface area contributed by atoms with Gasteiger partial charge < -0.3 is 4.74 Å². The molecule has 1 aromatic carbocycles. The number of rotatable bonds is 2. The maximum absolute atomic E-state index is 12.9. The van der Waals surface area contributed by atoms with Crippen molar-refractivity contribution in [3.8, 4) is 0 Å². The summed E-state index contributed by atoms with van der Waals surface area (Å²) in [5.41, 5.74) is 0.711. The van der Waals surface area contributed by atoms with Gasteiger partial charge in [-0.05, 0) is 31.5 Å². The minimum Gasteiger partial charge on any atom is -0.462 e. The van der Waals surface area contributed by atoms with Crippen LogP contribution >= 0.6 is 11.6 Å². The van der Waals surface area contributed by atoms with Crippen molar-refractivity contribution in [3.05, 3.63) is 34.1 Å². The van der Waals surface area contributed by atoms with Crippen molar-refractivity contribution in [1.82, 2.24) is 0 Å². The highest BCUT2D eigenvalue weighted by Crippen LogP contribution is 2.21. The van der Waals surface area contributed by atoms with Crippen molar-refractivity contribution in [2.45, 2.75) is 13.8 Å². The van der Waals surface area contributed by atoms with Gasteiger partial charge in [0.1, 0.15) is 5.82 Å². The van der Waals surface area contributed by atoms with E-state index in [-0.39, 0.29) is 17.2 Å². The van der Waals surface area contributed by atoms with E-state index >= 15 is 0 Å². The Morgan fingerprint density at radius 2 is 2.21 bits per heavy atom. The van der Waals surface area contributed by atoms with Crippen LogP contribution in [0.1, 0.15) is 22.8 Å². The zero-order chi connectivity index (χ0) is 10.7. The predicted molar refractivity (Wildman–Crippen MR) is 52.1 cm³/mol. The van der Waals surface area contributed by atoms with Crippen LogP contribution in [0.15, 0.2) is 12.1 Å². The van der Waals surface area contributed by atoms with Gasteiger partial charge in [-0.3, -0.25) is 0 Å². The molecule has 4 heteroatoms. The molecule has 0 fully saturated rings. The summed E-state index contributed by atoms with van der Waals surface area (Å²) in [6.45, 7) is 3.59. The lowest BCUT2D eigenvalue weighted by molar-refractivity contribution is 0.0525. The van der Waals surface area contributed by atoms with Crippen molar-refractivity contribution in [1.29, 1.82) is 0 Å². The van der Waals surface area contributed by atoms with E-state index in [2.05, 4.69) is 0 Å². The molecule has 0 N–H and O–H groups in total. The van der Waals surface area contributed by atoms with Crippen molar-refractivity contribution in [2.75, 3.05) is 6.61 Å². The molecular weight excluding hydrogens is 207 g/mol. The normalized spacial score (nSPS) is 10.0. The Morgan fingerprint density at radius 1 is 1.57 bits per heavy atom. The number of benzene rings is 1. The van der Waals surface area contributed by atoms with E-state index in [1.165, 1.54) is 6.07 Å². The van der Waals surface area contributed by atoms with Gasteiger partial charge >= 0.3 is 5.97 Å². The molecule has 0 aliphatic heterocycles. The summed E-state index contributed by atoms with van der Waals surface area (Å²) >= 11 is 5.72. The number of hydrogen-bond acceptors (Lipinski definition) is 2. The van der Waals surface area contributed by atoms with Crippen LogP contribution in [-0.4, -0.2) is 12.6 Å². The molecule has 0 saturated heterocycles. The third-order valence-corrected chi connectivity index (χ3v) is 2.20. The molecule has 0 heterocycles. The van der Waals surface area contributed by atoms with Crippen LogP contribution in [0.2, 0.25) is 5.02 Å². The third-order valence-electron chi connectivity index (χ3n) is 1.80. The quantitative estimate of drug-likeness (QED) is 0.711. The highest BCUT2D eigenvalue weighted by molar-refractivity contribution is 6.31. The van der Waals surface area contributed by atoms with Gasteiger partial charge in [-0.15, -0.1) is 0 Å². The molecule has 0 spiro atoms. The molecule has 0 radical (unpaired) electrons. The van der Waals surface area contributed by atoms with Crippen LogP contribution in [-0.2, 0) is 4.74 Å². The van der Waals surface area contributed by atoms with E-state index < -0.39 is 11.8 Å². The van der Waals surface area contributed by atoms with Crippen molar-refractivity contribution in [3.63, 3.8) is 0 Å². The van der Waals surface area contributed by atoms with Crippen molar-refractivity contribution >= 4 is 17.6 Å². The van der Waals surface area contributed by atoms with Gasteiger partial charge in [0.05, 0.1) is 12.2 Å². The van der Waals surface area contributed by atoms with Gasteiger partial charge in [0.25, 0.3) is 0 Å². The zero-order valence-electron chi connectivity index (χ0n) is 7.93. The largest absolute Gasteiger partial charge is 0.462 e. The SMILES string of the molecule is CCOC(=O)c1cc(F)cc(Cl)c1C. The van der Waals surface area contributed by atoms with Crippen LogP contribution in [0.5, 0.6) is 0 Å². The van der Waals surface area contributed by atoms with Crippen molar-refractivity contribution < 1.29 is 13.9 Å². The fourth-order valence-electron chi connectivity index (χ4n) is 1.07. The predicted octanol–water partition coefficient (Wildman–Crippen LogP) is 2.96. The van der Waals surface area contributed by atoms with Crippen LogP contribution in [0, 0.1) is 12.7 Å². The Bertz CT molecular complexity index is 363. The number of carbonyl (C=O) groups is 1. The first kappa shape index (κ1) is 11.0. The summed E-state index contributed by atoms with van der Waals surface area (Å²) in [4.78, 5) is 11.3. The molecule has 14 heavy (non-hydrogen) atoms. The molecular formula is C10H10ClFO2. The van der Waals surface area contributed by atoms with E-state index in [0.717, 1.165) is 6.07 Å². The maximum atomic E-state index is 12.9. The number of ether oxygens (including phenoxy) is 1.